The van der Waals surface area contributed by atoms with Crippen molar-refractivity contribution in [2.45, 2.75) is 26.3 Å². The Morgan fingerprint density at radius 3 is 2.41 bits per heavy atom. The topological polar surface area (TPSA) is 43.8 Å². The Labute approximate surface area is 102 Å². The molecule has 3 heteroatoms. The summed E-state index contributed by atoms with van der Waals surface area (Å²) in [6.07, 6.45) is 4.72. The van der Waals surface area contributed by atoms with E-state index >= 15 is 0 Å². The van der Waals surface area contributed by atoms with E-state index in [1.807, 2.05) is 24.1 Å². The Balaban J connectivity index is 2.16. The molecular formula is C14H19N3. The van der Waals surface area contributed by atoms with Gasteiger partial charge < -0.3 is 5.73 Å². The van der Waals surface area contributed by atoms with Crippen molar-refractivity contribution in [3.8, 4) is 0 Å². The van der Waals surface area contributed by atoms with Gasteiger partial charge in [0, 0.05) is 19.3 Å². The number of nitrogens with zero attached hydrogens (tertiary/aromatic N) is 2. The first-order chi connectivity index (χ1) is 8.04. The molecule has 17 heavy (non-hydrogen) atoms. The first kappa shape index (κ1) is 11.9. The minimum atomic E-state index is 0.0396. The van der Waals surface area contributed by atoms with Crippen LogP contribution in [0.25, 0.3) is 0 Å². The lowest BCUT2D eigenvalue weighted by atomic mass is 9.98. The van der Waals surface area contributed by atoms with E-state index in [1.165, 1.54) is 22.3 Å². The van der Waals surface area contributed by atoms with Crippen LogP contribution in [0.2, 0.25) is 0 Å². The third kappa shape index (κ3) is 2.94. The predicted octanol–water partition coefficient (Wildman–Crippen LogP) is 2.28. The fourth-order valence-corrected chi connectivity index (χ4v) is 2.17. The summed E-state index contributed by atoms with van der Waals surface area (Å²) < 4.78 is 1.81. The Bertz CT molecular complexity index is 494. The van der Waals surface area contributed by atoms with Crippen LogP contribution in [0.1, 0.15) is 28.3 Å². The maximum Gasteiger partial charge on any atom is 0.0522 e. The van der Waals surface area contributed by atoms with Crippen molar-refractivity contribution in [1.29, 1.82) is 0 Å². The highest BCUT2D eigenvalue weighted by molar-refractivity contribution is 5.31. The van der Waals surface area contributed by atoms with Crippen molar-refractivity contribution in [2.24, 2.45) is 12.8 Å². The molecule has 2 N–H and O–H groups in total. The molecule has 2 rings (SSSR count). The maximum atomic E-state index is 6.24. The van der Waals surface area contributed by atoms with E-state index in [2.05, 4.69) is 37.1 Å². The molecule has 0 saturated heterocycles. The maximum absolute atomic E-state index is 6.24. The molecule has 1 heterocycles. The second kappa shape index (κ2) is 4.72. The minimum absolute atomic E-state index is 0.0396. The lowest BCUT2D eigenvalue weighted by Crippen LogP contribution is -2.13. The summed E-state index contributed by atoms with van der Waals surface area (Å²) in [5.74, 6) is 0. The van der Waals surface area contributed by atoms with E-state index in [4.69, 9.17) is 5.73 Å². The number of aryl methyl sites for hydroxylation is 3. The van der Waals surface area contributed by atoms with Crippen molar-refractivity contribution >= 4 is 0 Å². The van der Waals surface area contributed by atoms with Gasteiger partial charge in [-0.25, -0.2) is 0 Å². The molecule has 90 valence electrons. The number of hydrogen-bond acceptors (Lipinski definition) is 2. The van der Waals surface area contributed by atoms with Gasteiger partial charge in [0.25, 0.3) is 0 Å². The third-order valence-corrected chi connectivity index (χ3v) is 2.89. The van der Waals surface area contributed by atoms with Crippen LogP contribution in [-0.2, 0) is 13.5 Å². The van der Waals surface area contributed by atoms with Gasteiger partial charge in [-0.15, -0.1) is 0 Å². The zero-order valence-electron chi connectivity index (χ0n) is 10.6. The molecule has 0 bridgehead atoms. The summed E-state index contributed by atoms with van der Waals surface area (Å²) in [5, 5.41) is 4.16. The number of hydrogen-bond donors (Lipinski definition) is 1. The molecule has 1 aromatic heterocycles. The van der Waals surface area contributed by atoms with Crippen molar-refractivity contribution in [3.05, 3.63) is 52.8 Å². The van der Waals surface area contributed by atoms with E-state index in [-0.39, 0.29) is 6.04 Å². The smallest absolute Gasteiger partial charge is 0.0522 e. The van der Waals surface area contributed by atoms with Gasteiger partial charge in [-0.1, -0.05) is 29.3 Å². The van der Waals surface area contributed by atoms with Crippen molar-refractivity contribution in [2.75, 3.05) is 0 Å². The number of benzene rings is 1. The molecular weight excluding hydrogens is 210 g/mol. The van der Waals surface area contributed by atoms with E-state index in [1.54, 1.807) is 0 Å². The lowest BCUT2D eigenvalue weighted by Gasteiger charge is -2.12. The van der Waals surface area contributed by atoms with Gasteiger partial charge in [0.2, 0.25) is 0 Å². The largest absolute Gasteiger partial charge is 0.324 e. The first-order valence-electron chi connectivity index (χ1n) is 5.86. The normalized spacial score (nSPS) is 12.7. The summed E-state index contributed by atoms with van der Waals surface area (Å²) >= 11 is 0. The van der Waals surface area contributed by atoms with E-state index in [0.29, 0.717) is 0 Å². The Morgan fingerprint density at radius 1 is 1.24 bits per heavy atom. The highest BCUT2D eigenvalue weighted by Crippen LogP contribution is 2.18. The SMILES string of the molecule is Cc1cc(C)cc(C(N)Cc2cnn(C)c2)c1. The van der Waals surface area contributed by atoms with Crippen LogP contribution in [0.4, 0.5) is 0 Å². The number of nitrogens with two attached hydrogens (primary N) is 1. The summed E-state index contributed by atoms with van der Waals surface area (Å²) in [6.45, 7) is 4.21. The third-order valence-electron chi connectivity index (χ3n) is 2.89. The van der Waals surface area contributed by atoms with Crippen LogP contribution in [0.3, 0.4) is 0 Å². The van der Waals surface area contributed by atoms with Gasteiger partial charge in [0.05, 0.1) is 6.20 Å². The zero-order chi connectivity index (χ0) is 12.4. The van der Waals surface area contributed by atoms with Gasteiger partial charge >= 0.3 is 0 Å². The first-order valence-corrected chi connectivity index (χ1v) is 5.86. The summed E-state index contributed by atoms with van der Waals surface area (Å²) in [7, 11) is 1.92. The summed E-state index contributed by atoms with van der Waals surface area (Å²) in [4.78, 5) is 0. The molecule has 1 atom stereocenters. The highest BCUT2D eigenvalue weighted by atomic mass is 15.2. The van der Waals surface area contributed by atoms with Crippen LogP contribution >= 0.6 is 0 Å². The van der Waals surface area contributed by atoms with Gasteiger partial charge in [-0.05, 0) is 31.4 Å². The second-order valence-electron chi connectivity index (χ2n) is 4.75. The molecule has 0 amide bonds. The monoisotopic (exact) mass is 229 g/mol. The highest BCUT2D eigenvalue weighted by Gasteiger charge is 2.09. The quantitative estimate of drug-likeness (QED) is 0.877. The van der Waals surface area contributed by atoms with Gasteiger partial charge in [0.1, 0.15) is 0 Å². The van der Waals surface area contributed by atoms with Crippen molar-refractivity contribution in [3.63, 3.8) is 0 Å². The van der Waals surface area contributed by atoms with E-state index < -0.39 is 0 Å². The number of rotatable bonds is 3. The van der Waals surface area contributed by atoms with Crippen LogP contribution < -0.4 is 5.73 Å². The molecule has 0 aliphatic heterocycles. The predicted molar refractivity (Wildman–Crippen MR) is 69.8 cm³/mol. The van der Waals surface area contributed by atoms with Crippen molar-refractivity contribution in [1.82, 2.24) is 9.78 Å². The Hall–Kier alpha value is -1.61. The molecule has 0 aliphatic carbocycles. The molecule has 0 aliphatic rings. The molecule has 0 spiro atoms. The van der Waals surface area contributed by atoms with Crippen LogP contribution in [0.5, 0.6) is 0 Å². The van der Waals surface area contributed by atoms with Gasteiger partial charge in [-0.2, -0.15) is 5.10 Å². The zero-order valence-corrected chi connectivity index (χ0v) is 10.6. The molecule has 2 aromatic rings. The molecule has 0 radical (unpaired) electrons. The Kier molecular flexibility index (Phi) is 3.29. The fraction of sp³-hybridized carbons (Fsp3) is 0.357. The minimum Gasteiger partial charge on any atom is -0.324 e. The second-order valence-corrected chi connectivity index (χ2v) is 4.75. The van der Waals surface area contributed by atoms with Crippen LogP contribution in [0, 0.1) is 13.8 Å². The molecule has 3 nitrogen and oxygen atoms in total. The number of aromatic nitrogens is 2. The van der Waals surface area contributed by atoms with E-state index in [0.717, 1.165) is 6.42 Å². The molecule has 0 saturated carbocycles. The molecule has 0 fully saturated rings. The Morgan fingerprint density at radius 2 is 1.88 bits per heavy atom. The standard InChI is InChI=1S/C14H19N3/c1-10-4-11(2)6-13(5-10)14(15)7-12-8-16-17(3)9-12/h4-6,8-9,14H,7,15H2,1-3H3. The summed E-state index contributed by atoms with van der Waals surface area (Å²) in [6, 6.07) is 6.53. The van der Waals surface area contributed by atoms with Crippen molar-refractivity contribution < 1.29 is 0 Å². The van der Waals surface area contributed by atoms with Gasteiger partial charge in [0.15, 0.2) is 0 Å². The van der Waals surface area contributed by atoms with Gasteiger partial charge in [-0.3, -0.25) is 4.68 Å². The van der Waals surface area contributed by atoms with Crippen LogP contribution in [-0.4, -0.2) is 9.78 Å². The summed E-state index contributed by atoms with van der Waals surface area (Å²) in [5.41, 5.74) is 11.1. The average molecular weight is 229 g/mol. The molecule has 1 unspecified atom stereocenters. The lowest BCUT2D eigenvalue weighted by molar-refractivity contribution is 0.717. The average Bonchev–Trinajstić information content (AvgIpc) is 2.62. The van der Waals surface area contributed by atoms with Crippen LogP contribution in [0.15, 0.2) is 30.6 Å². The molecule has 1 aromatic carbocycles. The van der Waals surface area contributed by atoms with E-state index in [9.17, 15) is 0 Å². The fourth-order valence-electron chi connectivity index (χ4n) is 2.17.